The van der Waals surface area contributed by atoms with Crippen molar-refractivity contribution in [2.45, 2.75) is 26.4 Å². The van der Waals surface area contributed by atoms with Crippen molar-refractivity contribution in [3.05, 3.63) is 84.4 Å². The second-order valence-electron chi connectivity index (χ2n) is 7.30. The highest BCUT2D eigenvalue weighted by molar-refractivity contribution is 7.80. The van der Waals surface area contributed by atoms with Gasteiger partial charge in [-0.25, -0.2) is 0 Å². The lowest BCUT2D eigenvalue weighted by atomic mass is 10.2. The maximum absolute atomic E-state index is 12.4. The average Bonchev–Trinajstić information content (AvgIpc) is 2.83. The van der Waals surface area contributed by atoms with Gasteiger partial charge in [-0.3, -0.25) is 10.1 Å². The quantitative estimate of drug-likeness (QED) is 0.307. The van der Waals surface area contributed by atoms with Crippen molar-refractivity contribution < 1.29 is 19.0 Å². The van der Waals surface area contributed by atoms with Crippen LogP contribution in [0.25, 0.3) is 0 Å². The molecule has 7 heteroatoms. The number of nitrogens with one attached hydrogen (secondary N) is 2. The number of carbonyl (C=O) groups excluding carboxylic acids is 1. The third kappa shape index (κ3) is 8.12. The van der Waals surface area contributed by atoms with Gasteiger partial charge in [0.2, 0.25) is 0 Å². The fourth-order valence-corrected chi connectivity index (χ4v) is 3.02. The van der Waals surface area contributed by atoms with Crippen LogP contribution in [0.3, 0.4) is 0 Å². The van der Waals surface area contributed by atoms with Crippen LogP contribution in [0.15, 0.2) is 78.9 Å². The Labute approximate surface area is 199 Å². The second kappa shape index (κ2) is 12.5. The summed E-state index contributed by atoms with van der Waals surface area (Å²) in [6.45, 7) is 4.94. The number of rotatable bonds is 10. The lowest BCUT2D eigenvalue weighted by Crippen LogP contribution is -2.34. The van der Waals surface area contributed by atoms with E-state index in [1.54, 1.807) is 24.3 Å². The molecule has 172 valence electrons. The molecular formula is C26H28N2O4S. The Morgan fingerprint density at radius 2 is 1.42 bits per heavy atom. The summed E-state index contributed by atoms with van der Waals surface area (Å²) < 4.78 is 17.0. The second-order valence-corrected chi connectivity index (χ2v) is 7.71. The lowest BCUT2D eigenvalue weighted by molar-refractivity contribution is 0.0977. The topological polar surface area (TPSA) is 68.8 Å². The number of anilines is 1. The Hall–Kier alpha value is -3.58. The van der Waals surface area contributed by atoms with Crippen LogP contribution in [0.4, 0.5) is 5.69 Å². The van der Waals surface area contributed by atoms with Crippen LogP contribution in [0.5, 0.6) is 17.2 Å². The van der Waals surface area contributed by atoms with Crippen LogP contribution in [0.1, 0.15) is 30.6 Å². The van der Waals surface area contributed by atoms with Gasteiger partial charge in [0, 0.05) is 11.3 Å². The molecule has 6 nitrogen and oxygen atoms in total. The minimum Gasteiger partial charge on any atom is -0.491 e. The number of hydrogen-bond acceptors (Lipinski definition) is 5. The van der Waals surface area contributed by atoms with Gasteiger partial charge in [-0.1, -0.05) is 25.1 Å². The molecule has 0 aliphatic carbocycles. The SMILES string of the molecule is CCC(C)Oc1ccc(C(=O)NC(=S)Nc2ccc(OCCOc3ccccc3)cc2)cc1. The molecule has 1 unspecified atom stereocenters. The van der Waals surface area contributed by atoms with Crippen LogP contribution in [0, 0.1) is 0 Å². The van der Waals surface area contributed by atoms with Gasteiger partial charge in [0.05, 0.1) is 6.10 Å². The van der Waals surface area contributed by atoms with Crippen LogP contribution < -0.4 is 24.8 Å². The first-order valence-corrected chi connectivity index (χ1v) is 11.2. The number of ether oxygens (including phenoxy) is 3. The van der Waals surface area contributed by atoms with E-state index in [0.717, 1.165) is 23.6 Å². The van der Waals surface area contributed by atoms with E-state index in [2.05, 4.69) is 17.6 Å². The molecule has 0 saturated carbocycles. The first-order valence-electron chi connectivity index (χ1n) is 10.8. The van der Waals surface area contributed by atoms with Crippen LogP contribution in [-0.4, -0.2) is 30.3 Å². The van der Waals surface area contributed by atoms with Gasteiger partial charge in [0.15, 0.2) is 5.11 Å². The van der Waals surface area contributed by atoms with Crippen molar-refractivity contribution in [3.63, 3.8) is 0 Å². The number of hydrogen-bond donors (Lipinski definition) is 2. The predicted octanol–water partition coefficient (Wildman–Crippen LogP) is 5.45. The Morgan fingerprint density at radius 3 is 2.03 bits per heavy atom. The summed E-state index contributed by atoms with van der Waals surface area (Å²) >= 11 is 5.26. The normalized spacial score (nSPS) is 11.2. The van der Waals surface area contributed by atoms with E-state index in [4.69, 9.17) is 26.4 Å². The monoisotopic (exact) mass is 464 g/mol. The summed E-state index contributed by atoms with van der Waals surface area (Å²) in [7, 11) is 0. The maximum Gasteiger partial charge on any atom is 0.257 e. The number of carbonyl (C=O) groups is 1. The molecular weight excluding hydrogens is 436 g/mol. The van der Waals surface area contributed by atoms with Gasteiger partial charge >= 0.3 is 0 Å². The van der Waals surface area contributed by atoms with Gasteiger partial charge in [-0.2, -0.15) is 0 Å². The van der Waals surface area contributed by atoms with Crippen molar-refractivity contribution in [1.29, 1.82) is 0 Å². The molecule has 0 spiro atoms. The third-order valence-corrected chi connectivity index (χ3v) is 4.94. The van der Waals surface area contributed by atoms with Crippen molar-refractivity contribution in [2.24, 2.45) is 0 Å². The zero-order chi connectivity index (χ0) is 23.5. The number of benzene rings is 3. The largest absolute Gasteiger partial charge is 0.491 e. The zero-order valence-electron chi connectivity index (χ0n) is 18.7. The van der Waals surface area contributed by atoms with E-state index in [0.29, 0.717) is 24.5 Å². The molecule has 0 aliphatic rings. The van der Waals surface area contributed by atoms with E-state index in [1.165, 1.54) is 0 Å². The summed E-state index contributed by atoms with van der Waals surface area (Å²) in [6, 6.07) is 23.9. The minimum atomic E-state index is -0.291. The summed E-state index contributed by atoms with van der Waals surface area (Å²) in [5, 5.41) is 5.89. The summed E-state index contributed by atoms with van der Waals surface area (Å²) in [6.07, 6.45) is 1.04. The molecule has 2 N–H and O–H groups in total. The molecule has 0 heterocycles. The summed E-state index contributed by atoms with van der Waals surface area (Å²) in [4.78, 5) is 12.4. The smallest absolute Gasteiger partial charge is 0.257 e. The standard InChI is InChI=1S/C26H28N2O4S/c1-3-19(2)32-24-13-9-20(10-14-24)25(29)28-26(33)27-21-11-15-23(16-12-21)31-18-17-30-22-7-5-4-6-8-22/h4-16,19H,3,17-18H2,1-2H3,(H2,27,28,29,33). The first-order chi connectivity index (χ1) is 16.0. The number of thiocarbonyl (C=S) groups is 1. The molecule has 0 bridgehead atoms. The Balaban J connectivity index is 1.41. The molecule has 0 fully saturated rings. The average molecular weight is 465 g/mol. The Bertz CT molecular complexity index is 1020. The van der Waals surface area contributed by atoms with Crippen molar-refractivity contribution in [3.8, 4) is 17.2 Å². The van der Waals surface area contributed by atoms with Crippen LogP contribution in [-0.2, 0) is 0 Å². The molecule has 3 aromatic carbocycles. The van der Waals surface area contributed by atoms with Crippen LogP contribution >= 0.6 is 12.2 Å². The van der Waals surface area contributed by atoms with Crippen LogP contribution in [0.2, 0.25) is 0 Å². The van der Waals surface area contributed by atoms with Gasteiger partial charge in [0.25, 0.3) is 5.91 Å². The van der Waals surface area contributed by atoms with E-state index < -0.39 is 0 Å². The Kier molecular flexibility index (Phi) is 9.08. The highest BCUT2D eigenvalue weighted by Crippen LogP contribution is 2.17. The first kappa shape index (κ1) is 24.1. The maximum atomic E-state index is 12.4. The molecule has 1 amide bonds. The molecule has 0 aromatic heterocycles. The molecule has 0 saturated heterocycles. The highest BCUT2D eigenvalue weighted by Gasteiger charge is 2.09. The summed E-state index contributed by atoms with van der Waals surface area (Å²) in [5.74, 6) is 1.97. The number of para-hydroxylation sites is 1. The molecule has 0 aliphatic heterocycles. The molecule has 0 radical (unpaired) electrons. The van der Waals surface area contributed by atoms with Crippen molar-refractivity contribution in [1.82, 2.24) is 5.32 Å². The molecule has 3 aromatic rings. The van der Waals surface area contributed by atoms with Gasteiger partial charge < -0.3 is 19.5 Å². The van der Waals surface area contributed by atoms with Gasteiger partial charge in [-0.05, 0) is 86.2 Å². The fraction of sp³-hybridized carbons (Fsp3) is 0.231. The van der Waals surface area contributed by atoms with E-state index in [1.807, 2.05) is 61.5 Å². The van der Waals surface area contributed by atoms with Crippen molar-refractivity contribution >= 4 is 28.9 Å². The predicted molar refractivity (Wildman–Crippen MR) is 134 cm³/mol. The lowest BCUT2D eigenvalue weighted by Gasteiger charge is -2.13. The van der Waals surface area contributed by atoms with Gasteiger partial charge in [0.1, 0.15) is 30.5 Å². The summed E-state index contributed by atoms with van der Waals surface area (Å²) in [5.41, 5.74) is 1.24. The van der Waals surface area contributed by atoms with E-state index in [-0.39, 0.29) is 17.1 Å². The third-order valence-electron chi connectivity index (χ3n) is 4.73. The molecule has 1 atom stereocenters. The van der Waals surface area contributed by atoms with E-state index >= 15 is 0 Å². The minimum absolute atomic E-state index is 0.126. The molecule has 3 rings (SSSR count). The fourth-order valence-electron chi connectivity index (χ4n) is 2.81. The highest BCUT2D eigenvalue weighted by atomic mass is 32.1. The van der Waals surface area contributed by atoms with E-state index in [9.17, 15) is 4.79 Å². The zero-order valence-corrected chi connectivity index (χ0v) is 19.6. The van der Waals surface area contributed by atoms with Gasteiger partial charge in [-0.15, -0.1) is 0 Å². The number of amides is 1. The van der Waals surface area contributed by atoms with Crippen molar-refractivity contribution in [2.75, 3.05) is 18.5 Å². The molecule has 33 heavy (non-hydrogen) atoms. The Morgan fingerprint density at radius 1 is 0.848 bits per heavy atom.